The van der Waals surface area contributed by atoms with Crippen molar-refractivity contribution in [1.29, 1.82) is 0 Å². The van der Waals surface area contributed by atoms with Crippen molar-refractivity contribution in [2.75, 3.05) is 4.90 Å². The summed E-state index contributed by atoms with van der Waals surface area (Å²) >= 11 is 0. The standard InChI is InChI=1S/C26H21FN4O2/c1-26(2)22(18-7-4-3-5-8-18)31(25(32)33-26)20-11-9-17(10-12-20)19-15-21(23(27)30-16-19)24-28-13-6-14-29-24/h3-16,22H,1-2H3/t22-/m0/s1. The van der Waals surface area contributed by atoms with Crippen LogP contribution in [0.4, 0.5) is 14.9 Å². The SMILES string of the molecule is CC1(C)OC(=O)N(c2ccc(-c3cnc(F)c(-c4ncccn4)c3)cc2)[C@H]1c1ccccc1. The summed E-state index contributed by atoms with van der Waals surface area (Å²) in [5.41, 5.74) is 2.78. The molecule has 6 nitrogen and oxygen atoms in total. The lowest BCUT2D eigenvalue weighted by atomic mass is 9.91. The molecule has 1 amide bonds. The van der Waals surface area contributed by atoms with Crippen molar-refractivity contribution in [3.63, 3.8) is 0 Å². The molecule has 164 valence electrons. The van der Waals surface area contributed by atoms with E-state index in [1.54, 1.807) is 29.4 Å². The fourth-order valence-electron chi connectivity index (χ4n) is 4.20. The summed E-state index contributed by atoms with van der Waals surface area (Å²) < 4.78 is 20.0. The highest BCUT2D eigenvalue weighted by atomic mass is 19.1. The van der Waals surface area contributed by atoms with Gasteiger partial charge in [-0.05, 0) is 49.2 Å². The minimum atomic E-state index is -0.692. The maximum Gasteiger partial charge on any atom is 0.415 e. The summed E-state index contributed by atoms with van der Waals surface area (Å²) in [6, 6.07) is 20.4. The van der Waals surface area contributed by atoms with Gasteiger partial charge >= 0.3 is 6.09 Å². The fourth-order valence-corrected chi connectivity index (χ4v) is 4.20. The number of halogens is 1. The summed E-state index contributed by atoms with van der Waals surface area (Å²) in [5.74, 6) is -0.358. The van der Waals surface area contributed by atoms with E-state index >= 15 is 0 Å². The maximum absolute atomic E-state index is 14.3. The first-order valence-corrected chi connectivity index (χ1v) is 10.5. The smallest absolute Gasteiger partial charge is 0.415 e. The topological polar surface area (TPSA) is 68.2 Å². The van der Waals surface area contributed by atoms with E-state index in [0.29, 0.717) is 11.3 Å². The summed E-state index contributed by atoms with van der Waals surface area (Å²) in [6.45, 7) is 3.82. The van der Waals surface area contributed by atoms with Gasteiger partial charge in [0.15, 0.2) is 5.82 Å². The molecule has 0 saturated carbocycles. The molecule has 0 bridgehead atoms. The lowest BCUT2D eigenvalue weighted by Crippen LogP contribution is -2.33. The van der Waals surface area contributed by atoms with Crippen LogP contribution < -0.4 is 4.90 Å². The number of pyridine rings is 1. The van der Waals surface area contributed by atoms with E-state index < -0.39 is 17.6 Å². The van der Waals surface area contributed by atoms with Gasteiger partial charge in [0.1, 0.15) is 11.6 Å². The highest BCUT2D eigenvalue weighted by Gasteiger charge is 2.49. The van der Waals surface area contributed by atoms with Crippen LogP contribution in [0.1, 0.15) is 25.5 Å². The number of cyclic esters (lactones) is 1. The van der Waals surface area contributed by atoms with E-state index in [0.717, 1.165) is 11.1 Å². The first kappa shape index (κ1) is 20.8. The molecule has 1 saturated heterocycles. The van der Waals surface area contributed by atoms with Crippen LogP contribution >= 0.6 is 0 Å². The third-order valence-electron chi connectivity index (χ3n) is 5.70. The van der Waals surface area contributed by atoms with Gasteiger partial charge in [-0.1, -0.05) is 42.5 Å². The van der Waals surface area contributed by atoms with Gasteiger partial charge in [0.2, 0.25) is 5.95 Å². The lowest BCUT2D eigenvalue weighted by Gasteiger charge is -2.29. The number of aromatic nitrogens is 3. The molecular weight excluding hydrogens is 419 g/mol. The molecule has 7 heteroatoms. The van der Waals surface area contributed by atoms with Crippen LogP contribution in [0, 0.1) is 5.95 Å². The number of benzene rings is 2. The van der Waals surface area contributed by atoms with Crippen LogP contribution in [-0.4, -0.2) is 26.6 Å². The number of rotatable bonds is 4. The predicted octanol–water partition coefficient (Wildman–Crippen LogP) is 5.82. The normalized spacial score (nSPS) is 17.1. The van der Waals surface area contributed by atoms with Gasteiger partial charge in [-0.2, -0.15) is 4.39 Å². The highest BCUT2D eigenvalue weighted by molar-refractivity contribution is 5.92. The second-order valence-corrected chi connectivity index (χ2v) is 8.34. The molecule has 2 aromatic heterocycles. The number of hydrogen-bond acceptors (Lipinski definition) is 5. The Bertz CT molecular complexity index is 1300. The Balaban J connectivity index is 1.49. The Kier molecular flexibility index (Phi) is 5.09. The number of hydrogen-bond donors (Lipinski definition) is 0. The molecule has 0 radical (unpaired) electrons. The summed E-state index contributed by atoms with van der Waals surface area (Å²) in [4.78, 5) is 26.6. The van der Waals surface area contributed by atoms with Crippen molar-refractivity contribution in [3.8, 4) is 22.5 Å². The van der Waals surface area contributed by atoms with Gasteiger partial charge in [-0.25, -0.2) is 19.7 Å². The molecule has 1 atom stereocenters. The fraction of sp³-hybridized carbons (Fsp3) is 0.154. The molecule has 0 unspecified atom stereocenters. The molecule has 1 fully saturated rings. The second kappa shape index (κ2) is 8.09. The third kappa shape index (κ3) is 3.82. The van der Waals surface area contributed by atoms with E-state index in [9.17, 15) is 9.18 Å². The van der Waals surface area contributed by atoms with Crippen molar-refractivity contribution in [3.05, 3.63) is 96.8 Å². The Morgan fingerprint density at radius 2 is 1.61 bits per heavy atom. The van der Waals surface area contributed by atoms with Gasteiger partial charge < -0.3 is 4.74 Å². The van der Waals surface area contributed by atoms with Crippen LogP contribution in [-0.2, 0) is 4.74 Å². The van der Waals surface area contributed by atoms with Crippen molar-refractivity contribution >= 4 is 11.8 Å². The monoisotopic (exact) mass is 440 g/mol. The van der Waals surface area contributed by atoms with Gasteiger partial charge in [0.05, 0.1) is 5.56 Å². The predicted molar refractivity (Wildman–Crippen MR) is 123 cm³/mol. The zero-order valence-electron chi connectivity index (χ0n) is 18.1. The van der Waals surface area contributed by atoms with E-state index in [2.05, 4.69) is 15.0 Å². The molecule has 0 aliphatic carbocycles. The molecule has 1 aliphatic rings. The van der Waals surface area contributed by atoms with Crippen LogP contribution in [0.15, 0.2) is 85.3 Å². The number of amides is 1. The van der Waals surface area contributed by atoms with Crippen molar-refractivity contribution < 1.29 is 13.9 Å². The molecule has 2 aromatic carbocycles. The second-order valence-electron chi connectivity index (χ2n) is 8.34. The molecule has 3 heterocycles. The Hall–Kier alpha value is -4.13. The van der Waals surface area contributed by atoms with E-state index in [1.807, 2.05) is 68.4 Å². The van der Waals surface area contributed by atoms with Gasteiger partial charge in [0.25, 0.3) is 0 Å². The van der Waals surface area contributed by atoms with E-state index in [-0.39, 0.29) is 17.4 Å². The summed E-state index contributed by atoms with van der Waals surface area (Å²) in [7, 11) is 0. The van der Waals surface area contributed by atoms with Crippen LogP contribution in [0.3, 0.4) is 0 Å². The Labute approximate surface area is 190 Å². The summed E-state index contributed by atoms with van der Waals surface area (Å²) in [6.07, 6.45) is 4.19. The molecule has 1 aliphatic heterocycles. The van der Waals surface area contributed by atoms with Crippen LogP contribution in [0.5, 0.6) is 0 Å². The first-order chi connectivity index (χ1) is 15.9. The number of anilines is 1. The van der Waals surface area contributed by atoms with Crippen molar-refractivity contribution in [2.45, 2.75) is 25.5 Å². The maximum atomic E-state index is 14.3. The average Bonchev–Trinajstić information content (AvgIpc) is 3.08. The average molecular weight is 440 g/mol. The highest BCUT2D eigenvalue weighted by Crippen LogP contribution is 2.44. The van der Waals surface area contributed by atoms with Crippen molar-refractivity contribution in [2.24, 2.45) is 0 Å². The molecule has 4 aromatic rings. The number of carbonyl (C=O) groups excluding carboxylic acids is 1. The lowest BCUT2D eigenvalue weighted by molar-refractivity contribution is 0.0685. The molecular formula is C26H21FN4O2. The summed E-state index contributed by atoms with van der Waals surface area (Å²) in [5, 5.41) is 0. The molecule has 5 rings (SSSR count). The van der Waals surface area contributed by atoms with Gasteiger partial charge in [-0.15, -0.1) is 0 Å². The van der Waals surface area contributed by atoms with E-state index in [4.69, 9.17) is 4.74 Å². The minimum absolute atomic E-state index is 0.228. The number of ether oxygens (including phenoxy) is 1. The van der Waals surface area contributed by atoms with E-state index in [1.165, 1.54) is 6.20 Å². The van der Waals surface area contributed by atoms with Crippen LogP contribution in [0.2, 0.25) is 0 Å². The number of carbonyl (C=O) groups is 1. The molecule has 33 heavy (non-hydrogen) atoms. The Morgan fingerprint density at radius 1 is 0.909 bits per heavy atom. The van der Waals surface area contributed by atoms with Gasteiger partial charge in [0, 0.05) is 29.8 Å². The Morgan fingerprint density at radius 3 is 2.30 bits per heavy atom. The minimum Gasteiger partial charge on any atom is -0.441 e. The first-order valence-electron chi connectivity index (χ1n) is 10.5. The molecule has 0 spiro atoms. The number of nitrogens with zero attached hydrogens (tertiary/aromatic N) is 4. The van der Waals surface area contributed by atoms with Crippen LogP contribution in [0.25, 0.3) is 22.5 Å². The quantitative estimate of drug-likeness (QED) is 0.374. The third-order valence-corrected chi connectivity index (χ3v) is 5.70. The largest absolute Gasteiger partial charge is 0.441 e. The van der Waals surface area contributed by atoms with Crippen molar-refractivity contribution in [1.82, 2.24) is 15.0 Å². The zero-order valence-corrected chi connectivity index (χ0v) is 18.1. The molecule has 0 N–H and O–H groups in total. The zero-order chi connectivity index (χ0) is 23.0. The van der Waals surface area contributed by atoms with Gasteiger partial charge in [-0.3, -0.25) is 4.90 Å².